The molecule has 6 nitrogen and oxygen atoms in total. The summed E-state index contributed by atoms with van der Waals surface area (Å²) in [5, 5.41) is 16.2. The third kappa shape index (κ3) is 6.02. The minimum Gasteiger partial charge on any atom is -0.439 e. The summed E-state index contributed by atoms with van der Waals surface area (Å²) >= 11 is 0. The fourth-order valence-electron chi connectivity index (χ4n) is 2.93. The molecule has 0 aliphatic heterocycles. The van der Waals surface area contributed by atoms with Crippen molar-refractivity contribution in [2.75, 3.05) is 20.2 Å². The molecule has 0 saturated carbocycles. The number of halogens is 1. The lowest BCUT2D eigenvalue weighted by Gasteiger charge is -2.18. The molecule has 0 bridgehead atoms. The van der Waals surface area contributed by atoms with E-state index < -0.39 is 0 Å². The molecule has 0 spiro atoms. The fraction of sp³-hybridized carbons (Fsp3) is 0.217. The van der Waals surface area contributed by atoms with E-state index in [1.165, 1.54) is 12.1 Å². The Morgan fingerprint density at radius 2 is 1.93 bits per heavy atom. The first-order chi connectivity index (χ1) is 14.7. The van der Waals surface area contributed by atoms with Crippen LogP contribution >= 0.6 is 0 Å². The summed E-state index contributed by atoms with van der Waals surface area (Å²) in [6.07, 6.45) is 1.62. The maximum Gasteiger partial charge on any atom is 0.224 e. The summed E-state index contributed by atoms with van der Waals surface area (Å²) in [5.41, 5.74) is 1.85. The normalized spacial score (nSPS) is 12.3. The maximum absolute atomic E-state index is 13.4. The Morgan fingerprint density at radius 3 is 2.67 bits per heavy atom. The van der Waals surface area contributed by atoms with E-state index in [0.29, 0.717) is 30.7 Å². The zero-order chi connectivity index (χ0) is 21.2. The Labute approximate surface area is 175 Å². The first-order valence-electron chi connectivity index (χ1n) is 9.67. The van der Waals surface area contributed by atoms with E-state index in [4.69, 9.17) is 4.74 Å². The van der Waals surface area contributed by atoms with Gasteiger partial charge in [-0.15, -0.1) is 0 Å². The lowest BCUT2D eigenvalue weighted by Crippen LogP contribution is -2.39. The Bertz CT molecular complexity index is 966. The summed E-state index contributed by atoms with van der Waals surface area (Å²) in [5.74, 6) is 0.944. The molecule has 0 saturated heterocycles. The van der Waals surface area contributed by atoms with Gasteiger partial charge >= 0.3 is 0 Å². The van der Waals surface area contributed by atoms with E-state index in [1.807, 2.05) is 42.5 Å². The second-order valence-corrected chi connectivity index (χ2v) is 6.62. The summed E-state index contributed by atoms with van der Waals surface area (Å²) in [7, 11) is 1.68. The van der Waals surface area contributed by atoms with Gasteiger partial charge in [0.2, 0.25) is 5.88 Å². The highest BCUT2D eigenvalue weighted by Gasteiger charge is 2.12. The van der Waals surface area contributed by atoms with E-state index in [9.17, 15) is 9.50 Å². The van der Waals surface area contributed by atoms with Crippen LogP contribution in [0.15, 0.2) is 77.9 Å². The zero-order valence-electron chi connectivity index (χ0n) is 16.8. The number of pyridine rings is 1. The van der Waals surface area contributed by atoms with Crippen LogP contribution in [-0.4, -0.2) is 36.2 Å². The number of aliphatic hydroxyl groups is 1. The number of rotatable bonds is 8. The van der Waals surface area contributed by atoms with Crippen LogP contribution in [0.4, 0.5) is 4.39 Å². The van der Waals surface area contributed by atoms with Crippen molar-refractivity contribution < 1.29 is 14.2 Å². The molecule has 7 heteroatoms. The second kappa shape index (κ2) is 10.9. The Morgan fingerprint density at radius 1 is 1.10 bits per heavy atom. The Balaban J connectivity index is 1.60. The average Bonchev–Trinajstić information content (AvgIpc) is 2.78. The average molecular weight is 408 g/mol. The predicted molar refractivity (Wildman–Crippen MR) is 115 cm³/mol. The topological polar surface area (TPSA) is 78.8 Å². The molecule has 156 valence electrons. The van der Waals surface area contributed by atoms with Crippen molar-refractivity contribution in [3.05, 3.63) is 89.9 Å². The largest absolute Gasteiger partial charge is 0.439 e. The van der Waals surface area contributed by atoms with Crippen LogP contribution in [0.1, 0.15) is 17.0 Å². The highest BCUT2D eigenvalue weighted by molar-refractivity contribution is 5.79. The number of nitrogens with zero attached hydrogens (tertiary/aromatic N) is 2. The molecule has 3 N–H and O–H groups in total. The van der Waals surface area contributed by atoms with Crippen molar-refractivity contribution in [1.29, 1.82) is 0 Å². The first kappa shape index (κ1) is 21.3. The third-order valence-electron chi connectivity index (χ3n) is 4.54. The van der Waals surface area contributed by atoms with Crippen LogP contribution in [0.5, 0.6) is 11.6 Å². The molecule has 0 aliphatic carbocycles. The van der Waals surface area contributed by atoms with Crippen LogP contribution in [0.2, 0.25) is 0 Å². The van der Waals surface area contributed by atoms with Gasteiger partial charge in [-0.1, -0.05) is 42.5 Å². The third-order valence-corrected chi connectivity index (χ3v) is 4.54. The number of aromatic nitrogens is 1. The van der Waals surface area contributed by atoms with Gasteiger partial charge in [0, 0.05) is 43.9 Å². The van der Waals surface area contributed by atoms with Crippen molar-refractivity contribution in [2.24, 2.45) is 4.99 Å². The van der Waals surface area contributed by atoms with Crippen molar-refractivity contribution in [2.45, 2.75) is 12.5 Å². The van der Waals surface area contributed by atoms with Crippen LogP contribution in [0.25, 0.3) is 0 Å². The van der Waals surface area contributed by atoms with Gasteiger partial charge in [-0.2, -0.15) is 0 Å². The molecule has 1 atom stereocenters. The molecule has 0 fully saturated rings. The highest BCUT2D eigenvalue weighted by Crippen LogP contribution is 2.23. The lowest BCUT2D eigenvalue weighted by atomic mass is 10.0. The highest BCUT2D eigenvalue weighted by atomic mass is 19.1. The number of nitrogens with one attached hydrogen (secondary N) is 2. The number of aliphatic imine (C=N–C) groups is 1. The minimum absolute atomic E-state index is 0.0300. The van der Waals surface area contributed by atoms with Crippen LogP contribution in [0, 0.1) is 5.82 Å². The van der Waals surface area contributed by atoms with Gasteiger partial charge in [0.1, 0.15) is 11.6 Å². The molecular formula is C23H25FN4O2. The van der Waals surface area contributed by atoms with Crippen molar-refractivity contribution in [3.63, 3.8) is 0 Å². The molecule has 3 rings (SSSR count). The van der Waals surface area contributed by atoms with Gasteiger partial charge in [0.05, 0.1) is 6.61 Å². The number of guanidine groups is 1. The van der Waals surface area contributed by atoms with E-state index in [-0.39, 0.29) is 18.3 Å². The van der Waals surface area contributed by atoms with Gasteiger partial charge in [0.15, 0.2) is 5.96 Å². The van der Waals surface area contributed by atoms with Gasteiger partial charge < -0.3 is 20.5 Å². The van der Waals surface area contributed by atoms with Crippen molar-refractivity contribution in [3.8, 4) is 11.6 Å². The van der Waals surface area contributed by atoms with Gasteiger partial charge in [0.25, 0.3) is 0 Å². The van der Waals surface area contributed by atoms with Gasteiger partial charge in [-0.05, 0) is 23.8 Å². The summed E-state index contributed by atoms with van der Waals surface area (Å²) in [4.78, 5) is 8.49. The molecule has 0 radical (unpaired) electrons. The number of hydrogen-bond acceptors (Lipinski definition) is 4. The van der Waals surface area contributed by atoms with E-state index >= 15 is 0 Å². The van der Waals surface area contributed by atoms with Gasteiger partial charge in [-0.3, -0.25) is 4.99 Å². The summed E-state index contributed by atoms with van der Waals surface area (Å²) < 4.78 is 19.2. The molecule has 1 unspecified atom stereocenters. The number of hydrogen-bond donors (Lipinski definition) is 3. The van der Waals surface area contributed by atoms with Crippen LogP contribution < -0.4 is 15.4 Å². The van der Waals surface area contributed by atoms with Crippen LogP contribution in [-0.2, 0) is 6.54 Å². The van der Waals surface area contributed by atoms with E-state index in [0.717, 1.165) is 11.1 Å². The Hall–Kier alpha value is -3.45. The fourth-order valence-corrected chi connectivity index (χ4v) is 2.93. The molecule has 30 heavy (non-hydrogen) atoms. The van der Waals surface area contributed by atoms with Gasteiger partial charge in [-0.25, -0.2) is 9.37 Å². The smallest absolute Gasteiger partial charge is 0.224 e. The van der Waals surface area contributed by atoms with Crippen molar-refractivity contribution >= 4 is 5.96 Å². The lowest BCUT2D eigenvalue weighted by molar-refractivity contribution is 0.265. The van der Waals surface area contributed by atoms with E-state index in [2.05, 4.69) is 20.6 Å². The molecule has 0 amide bonds. The zero-order valence-corrected chi connectivity index (χ0v) is 16.8. The predicted octanol–water partition coefficient (Wildman–Crippen LogP) is 3.45. The minimum atomic E-state index is -0.371. The molecule has 3 aromatic rings. The SMILES string of the molecule is CN=C(NCc1cccnc1Oc1cccc(F)c1)NCC(CO)c1ccccc1. The van der Waals surface area contributed by atoms with E-state index in [1.54, 1.807) is 25.4 Å². The van der Waals surface area contributed by atoms with Crippen molar-refractivity contribution in [1.82, 2.24) is 15.6 Å². The molecule has 0 aliphatic rings. The number of ether oxygens (including phenoxy) is 1. The molecule has 2 aromatic carbocycles. The number of aliphatic hydroxyl groups excluding tert-OH is 1. The quantitative estimate of drug-likeness (QED) is 0.393. The van der Waals surface area contributed by atoms with Crippen LogP contribution in [0.3, 0.4) is 0 Å². The standard InChI is InChI=1S/C23H25FN4O2/c1-25-23(28-15-19(16-29)17-7-3-2-4-8-17)27-14-18-9-6-12-26-22(18)30-21-11-5-10-20(24)13-21/h2-13,19,29H,14-16H2,1H3,(H2,25,27,28). The molecular weight excluding hydrogens is 383 g/mol. The number of benzene rings is 2. The maximum atomic E-state index is 13.4. The summed E-state index contributed by atoms with van der Waals surface area (Å²) in [6, 6.07) is 19.4. The Kier molecular flexibility index (Phi) is 7.74. The molecule has 1 aromatic heterocycles. The summed E-state index contributed by atoms with van der Waals surface area (Å²) in [6.45, 7) is 0.968. The first-order valence-corrected chi connectivity index (χ1v) is 9.67. The monoisotopic (exact) mass is 408 g/mol. The molecule has 1 heterocycles. The second-order valence-electron chi connectivity index (χ2n) is 6.62.